The fraction of sp³-hybridized carbons (Fsp3) is 0.500. The van der Waals surface area contributed by atoms with Crippen molar-refractivity contribution in [2.24, 2.45) is 5.92 Å². The Morgan fingerprint density at radius 2 is 2.16 bits per heavy atom. The zero-order chi connectivity index (χ0) is 14.4. The molecule has 0 radical (unpaired) electrons. The van der Waals surface area contributed by atoms with Crippen LogP contribution in [0.15, 0.2) is 22.7 Å². The van der Waals surface area contributed by atoms with Gasteiger partial charge < -0.3 is 11.1 Å². The van der Waals surface area contributed by atoms with E-state index in [9.17, 15) is 4.79 Å². The standard InChI is InChI=1S/C14H22BrN3O/c1-10(2)7-17-14(19)9-18(3)8-11-4-5-12(16)6-13(11)15/h4-6,10H,7-9,16H2,1-3H3,(H,17,19). The summed E-state index contributed by atoms with van der Waals surface area (Å²) in [6.45, 7) is 5.97. The molecule has 0 aromatic heterocycles. The molecule has 0 spiro atoms. The summed E-state index contributed by atoms with van der Waals surface area (Å²) in [5.74, 6) is 0.531. The lowest BCUT2D eigenvalue weighted by molar-refractivity contribution is -0.122. The summed E-state index contributed by atoms with van der Waals surface area (Å²) < 4.78 is 0.974. The summed E-state index contributed by atoms with van der Waals surface area (Å²) in [5.41, 5.74) is 7.55. The van der Waals surface area contributed by atoms with Crippen LogP contribution in [0.2, 0.25) is 0 Å². The Hall–Kier alpha value is -1.07. The molecule has 106 valence electrons. The van der Waals surface area contributed by atoms with Crippen LogP contribution >= 0.6 is 15.9 Å². The fourth-order valence-electron chi connectivity index (χ4n) is 1.66. The lowest BCUT2D eigenvalue weighted by Crippen LogP contribution is -2.36. The van der Waals surface area contributed by atoms with E-state index < -0.39 is 0 Å². The van der Waals surface area contributed by atoms with Gasteiger partial charge in [-0.2, -0.15) is 0 Å². The number of benzene rings is 1. The molecule has 0 atom stereocenters. The highest BCUT2D eigenvalue weighted by molar-refractivity contribution is 9.10. The molecule has 1 aromatic carbocycles. The van der Waals surface area contributed by atoms with E-state index in [-0.39, 0.29) is 5.91 Å². The van der Waals surface area contributed by atoms with Crippen LogP contribution in [0.25, 0.3) is 0 Å². The first kappa shape index (κ1) is 16.0. The zero-order valence-corrected chi connectivity index (χ0v) is 13.3. The minimum atomic E-state index is 0.0581. The van der Waals surface area contributed by atoms with Crippen LogP contribution in [-0.4, -0.2) is 30.9 Å². The van der Waals surface area contributed by atoms with E-state index in [2.05, 4.69) is 35.1 Å². The van der Waals surface area contributed by atoms with E-state index in [1.54, 1.807) is 0 Å². The molecule has 0 unspecified atom stereocenters. The monoisotopic (exact) mass is 327 g/mol. The van der Waals surface area contributed by atoms with Gasteiger partial charge in [0, 0.05) is 23.2 Å². The van der Waals surface area contributed by atoms with E-state index in [1.807, 2.05) is 30.1 Å². The summed E-state index contributed by atoms with van der Waals surface area (Å²) in [5, 5.41) is 2.91. The number of hydrogen-bond donors (Lipinski definition) is 2. The fourth-order valence-corrected chi connectivity index (χ4v) is 2.18. The molecule has 5 heteroatoms. The van der Waals surface area contributed by atoms with Gasteiger partial charge in [-0.3, -0.25) is 9.69 Å². The van der Waals surface area contributed by atoms with Gasteiger partial charge in [-0.15, -0.1) is 0 Å². The van der Waals surface area contributed by atoms with Crippen LogP contribution in [0.5, 0.6) is 0 Å². The first-order chi connectivity index (χ1) is 8.88. The number of likely N-dealkylation sites (N-methyl/N-ethyl adjacent to an activating group) is 1. The minimum Gasteiger partial charge on any atom is -0.399 e. The molecule has 1 rings (SSSR count). The number of nitrogens with one attached hydrogen (secondary N) is 1. The van der Waals surface area contributed by atoms with Gasteiger partial charge in [0.2, 0.25) is 5.91 Å². The van der Waals surface area contributed by atoms with E-state index in [0.29, 0.717) is 19.0 Å². The molecule has 0 saturated carbocycles. The SMILES string of the molecule is CC(C)CNC(=O)CN(C)Cc1ccc(N)cc1Br. The second-order valence-corrected chi connectivity index (χ2v) is 6.08. The van der Waals surface area contributed by atoms with Crippen LogP contribution in [0, 0.1) is 5.92 Å². The van der Waals surface area contributed by atoms with Crippen molar-refractivity contribution in [3.05, 3.63) is 28.2 Å². The summed E-state index contributed by atoms with van der Waals surface area (Å²) >= 11 is 3.48. The van der Waals surface area contributed by atoms with E-state index >= 15 is 0 Å². The van der Waals surface area contributed by atoms with Crippen molar-refractivity contribution in [1.82, 2.24) is 10.2 Å². The van der Waals surface area contributed by atoms with Gasteiger partial charge in [0.05, 0.1) is 6.54 Å². The van der Waals surface area contributed by atoms with E-state index in [0.717, 1.165) is 22.3 Å². The van der Waals surface area contributed by atoms with Gasteiger partial charge in [0.1, 0.15) is 0 Å². The molecular formula is C14H22BrN3O. The number of amides is 1. The third-order valence-corrected chi connectivity index (χ3v) is 3.38. The van der Waals surface area contributed by atoms with Crippen LogP contribution < -0.4 is 11.1 Å². The van der Waals surface area contributed by atoms with Crippen LogP contribution in [0.3, 0.4) is 0 Å². The Morgan fingerprint density at radius 1 is 1.47 bits per heavy atom. The normalized spacial score (nSPS) is 11.1. The number of anilines is 1. The Kier molecular flexibility index (Phi) is 6.31. The number of carbonyl (C=O) groups is 1. The molecule has 4 nitrogen and oxygen atoms in total. The lowest BCUT2D eigenvalue weighted by Gasteiger charge is -2.18. The molecular weight excluding hydrogens is 306 g/mol. The van der Waals surface area contributed by atoms with Crippen molar-refractivity contribution >= 4 is 27.5 Å². The van der Waals surface area contributed by atoms with Gasteiger partial charge >= 0.3 is 0 Å². The van der Waals surface area contributed by atoms with Crippen molar-refractivity contribution in [2.45, 2.75) is 20.4 Å². The molecule has 0 fully saturated rings. The molecule has 1 aromatic rings. The van der Waals surface area contributed by atoms with Crippen molar-refractivity contribution in [2.75, 3.05) is 25.9 Å². The number of nitrogens with two attached hydrogens (primary N) is 1. The maximum atomic E-state index is 11.7. The highest BCUT2D eigenvalue weighted by Crippen LogP contribution is 2.20. The number of nitrogens with zero attached hydrogens (tertiary/aromatic N) is 1. The summed E-state index contributed by atoms with van der Waals surface area (Å²) in [6.07, 6.45) is 0. The number of nitrogen functional groups attached to an aromatic ring is 1. The maximum absolute atomic E-state index is 11.7. The molecule has 3 N–H and O–H groups in total. The van der Waals surface area contributed by atoms with Gasteiger partial charge in [0.15, 0.2) is 0 Å². The highest BCUT2D eigenvalue weighted by Gasteiger charge is 2.09. The third kappa shape index (κ3) is 6.07. The summed E-state index contributed by atoms with van der Waals surface area (Å²) in [6, 6.07) is 5.72. The maximum Gasteiger partial charge on any atom is 0.234 e. The molecule has 0 aliphatic rings. The Labute approximate surface area is 123 Å². The predicted molar refractivity (Wildman–Crippen MR) is 82.7 cm³/mol. The van der Waals surface area contributed by atoms with Crippen molar-refractivity contribution < 1.29 is 4.79 Å². The van der Waals surface area contributed by atoms with Crippen molar-refractivity contribution in [3.8, 4) is 0 Å². The Balaban J connectivity index is 2.46. The average Bonchev–Trinajstić information content (AvgIpc) is 2.30. The molecule has 1 amide bonds. The largest absolute Gasteiger partial charge is 0.399 e. The summed E-state index contributed by atoms with van der Waals surface area (Å²) in [7, 11) is 1.93. The Bertz CT molecular complexity index is 435. The number of halogens is 1. The lowest BCUT2D eigenvalue weighted by atomic mass is 10.2. The van der Waals surface area contributed by atoms with Gasteiger partial charge in [-0.05, 0) is 30.7 Å². The van der Waals surface area contributed by atoms with Gasteiger partial charge in [0.25, 0.3) is 0 Å². The number of rotatable bonds is 6. The first-order valence-corrected chi connectivity index (χ1v) is 7.17. The van der Waals surface area contributed by atoms with Gasteiger partial charge in [-0.25, -0.2) is 0 Å². The molecule has 19 heavy (non-hydrogen) atoms. The van der Waals surface area contributed by atoms with Crippen LogP contribution in [0.1, 0.15) is 19.4 Å². The zero-order valence-electron chi connectivity index (χ0n) is 11.7. The molecule has 0 bridgehead atoms. The second kappa shape index (κ2) is 7.50. The second-order valence-electron chi connectivity index (χ2n) is 5.22. The Morgan fingerprint density at radius 3 is 2.74 bits per heavy atom. The third-order valence-electron chi connectivity index (χ3n) is 2.64. The van der Waals surface area contributed by atoms with Crippen LogP contribution in [0.4, 0.5) is 5.69 Å². The van der Waals surface area contributed by atoms with Crippen LogP contribution in [-0.2, 0) is 11.3 Å². The quantitative estimate of drug-likeness (QED) is 0.788. The smallest absolute Gasteiger partial charge is 0.234 e. The molecule has 0 aliphatic heterocycles. The van der Waals surface area contributed by atoms with E-state index in [1.165, 1.54) is 0 Å². The minimum absolute atomic E-state index is 0.0581. The number of carbonyl (C=O) groups excluding carboxylic acids is 1. The van der Waals surface area contributed by atoms with Gasteiger partial charge in [-0.1, -0.05) is 35.8 Å². The predicted octanol–water partition coefficient (Wildman–Crippen LogP) is 2.24. The average molecular weight is 328 g/mol. The van der Waals surface area contributed by atoms with E-state index in [4.69, 9.17) is 5.73 Å². The van der Waals surface area contributed by atoms with Crippen molar-refractivity contribution in [1.29, 1.82) is 0 Å². The molecule has 0 aliphatic carbocycles. The topological polar surface area (TPSA) is 58.4 Å². The van der Waals surface area contributed by atoms with Crippen molar-refractivity contribution in [3.63, 3.8) is 0 Å². The number of hydrogen-bond acceptors (Lipinski definition) is 3. The summed E-state index contributed by atoms with van der Waals surface area (Å²) in [4.78, 5) is 13.7. The molecule has 0 saturated heterocycles. The highest BCUT2D eigenvalue weighted by atomic mass is 79.9. The first-order valence-electron chi connectivity index (χ1n) is 6.37. The molecule has 0 heterocycles.